The van der Waals surface area contributed by atoms with Gasteiger partial charge in [-0.25, -0.2) is 0 Å². The van der Waals surface area contributed by atoms with Crippen LogP contribution in [0.2, 0.25) is 0 Å². The van der Waals surface area contributed by atoms with Crippen LogP contribution in [0.5, 0.6) is 5.75 Å². The number of benzene rings is 1. The number of guanidine groups is 1. The molecule has 0 aliphatic carbocycles. The second kappa shape index (κ2) is 3.40. The summed E-state index contributed by atoms with van der Waals surface area (Å²) in [5.74, 6) is 1.99. The maximum atomic E-state index is 5.27. The van der Waals surface area contributed by atoms with Crippen LogP contribution >= 0.6 is 0 Å². The minimum atomic E-state index is 0.891. The monoisotopic (exact) mass is 217 g/mol. The molecule has 0 N–H and O–H groups in total. The summed E-state index contributed by atoms with van der Waals surface area (Å²) in [6, 6.07) is 6.20. The van der Waals surface area contributed by atoms with Gasteiger partial charge in [-0.05, 0) is 19.1 Å². The molecule has 4 heteroatoms. The van der Waals surface area contributed by atoms with Crippen LogP contribution in [-0.4, -0.2) is 32.7 Å². The highest BCUT2D eigenvalue weighted by molar-refractivity contribution is 6.17. The first kappa shape index (κ1) is 9.51. The van der Waals surface area contributed by atoms with Crippen molar-refractivity contribution in [2.45, 2.75) is 6.92 Å². The summed E-state index contributed by atoms with van der Waals surface area (Å²) in [5.41, 5.74) is 2.46. The van der Waals surface area contributed by atoms with Crippen LogP contribution in [0.3, 0.4) is 0 Å². The molecule has 0 aromatic heterocycles. The molecule has 1 aromatic carbocycles. The van der Waals surface area contributed by atoms with E-state index in [1.165, 1.54) is 11.4 Å². The molecule has 1 aromatic rings. The number of nitrogens with zero attached hydrogens (tertiary/aromatic N) is 3. The molecule has 0 spiro atoms. The molecule has 2 aliphatic rings. The molecule has 84 valence electrons. The van der Waals surface area contributed by atoms with Gasteiger partial charge in [0.15, 0.2) is 0 Å². The van der Waals surface area contributed by atoms with E-state index < -0.39 is 0 Å². The van der Waals surface area contributed by atoms with Gasteiger partial charge in [0.2, 0.25) is 5.96 Å². The van der Waals surface area contributed by atoms with Crippen LogP contribution < -0.4 is 14.5 Å². The lowest BCUT2D eigenvalue weighted by Crippen LogP contribution is -2.35. The lowest BCUT2D eigenvalue weighted by atomic mass is 10.2. The van der Waals surface area contributed by atoms with Gasteiger partial charge in [0.25, 0.3) is 0 Å². The highest BCUT2D eigenvalue weighted by atomic mass is 16.5. The van der Waals surface area contributed by atoms with Gasteiger partial charge in [0.1, 0.15) is 5.75 Å². The predicted octanol–water partition coefficient (Wildman–Crippen LogP) is 1.71. The predicted molar refractivity (Wildman–Crippen MR) is 65.7 cm³/mol. The Bertz CT molecular complexity index is 456. The fourth-order valence-corrected chi connectivity index (χ4v) is 2.39. The maximum Gasteiger partial charge on any atom is 0.205 e. The minimum absolute atomic E-state index is 0.891. The van der Waals surface area contributed by atoms with E-state index in [1.807, 2.05) is 6.07 Å². The smallest absolute Gasteiger partial charge is 0.205 e. The first-order valence-corrected chi connectivity index (χ1v) is 5.62. The highest BCUT2D eigenvalue weighted by Crippen LogP contribution is 2.40. The van der Waals surface area contributed by atoms with E-state index in [1.54, 1.807) is 7.11 Å². The third kappa shape index (κ3) is 1.13. The SMILES string of the molecule is CCN1C2=NCCN2c2cc(OC)ccc21. The Morgan fingerprint density at radius 3 is 3.00 bits per heavy atom. The largest absolute Gasteiger partial charge is 0.497 e. The normalized spacial score (nSPS) is 17.2. The zero-order chi connectivity index (χ0) is 11.1. The van der Waals surface area contributed by atoms with Gasteiger partial charge in [-0.1, -0.05) is 0 Å². The molecule has 0 atom stereocenters. The van der Waals surface area contributed by atoms with Crippen molar-refractivity contribution in [3.05, 3.63) is 18.2 Å². The molecule has 2 aliphatic heterocycles. The standard InChI is InChI=1S/C12H15N3O/c1-3-14-10-5-4-9(16-2)8-11(10)15-7-6-13-12(14)15/h4-5,8H,3,6-7H2,1-2H3. The molecule has 0 saturated carbocycles. The summed E-state index contributed by atoms with van der Waals surface area (Å²) >= 11 is 0. The Morgan fingerprint density at radius 1 is 1.38 bits per heavy atom. The second-order valence-corrected chi connectivity index (χ2v) is 3.93. The van der Waals surface area contributed by atoms with Crippen molar-refractivity contribution in [2.24, 2.45) is 4.99 Å². The molecule has 0 amide bonds. The van der Waals surface area contributed by atoms with Crippen LogP contribution in [0.1, 0.15) is 6.92 Å². The fourth-order valence-electron chi connectivity index (χ4n) is 2.39. The van der Waals surface area contributed by atoms with Crippen molar-refractivity contribution in [1.29, 1.82) is 0 Å². The molecule has 0 saturated heterocycles. The maximum absolute atomic E-state index is 5.27. The Labute approximate surface area is 95.1 Å². The quantitative estimate of drug-likeness (QED) is 0.755. The van der Waals surface area contributed by atoms with Crippen LogP contribution in [0.25, 0.3) is 0 Å². The molecular formula is C12H15N3O. The molecule has 2 heterocycles. The van der Waals surface area contributed by atoms with Crippen molar-refractivity contribution in [3.8, 4) is 5.75 Å². The number of rotatable bonds is 2. The van der Waals surface area contributed by atoms with Crippen LogP contribution in [0.15, 0.2) is 23.2 Å². The summed E-state index contributed by atoms with van der Waals surface area (Å²) in [4.78, 5) is 9.06. The minimum Gasteiger partial charge on any atom is -0.497 e. The average Bonchev–Trinajstić information content (AvgIpc) is 2.88. The van der Waals surface area contributed by atoms with Crippen LogP contribution in [0, 0.1) is 0 Å². The van der Waals surface area contributed by atoms with E-state index in [4.69, 9.17) is 4.74 Å². The summed E-state index contributed by atoms with van der Waals surface area (Å²) in [5, 5.41) is 0. The van der Waals surface area contributed by atoms with Gasteiger partial charge < -0.3 is 14.5 Å². The molecule has 0 radical (unpaired) electrons. The summed E-state index contributed by atoms with van der Waals surface area (Å²) in [6.45, 7) is 4.97. The van der Waals surface area contributed by atoms with Crippen molar-refractivity contribution in [2.75, 3.05) is 36.5 Å². The molecule has 4 nitrogen and oxygen atoms in total. The molecule has 3 rings (SSSR count). The van der Waals surface area contributed by atoms with E-state index in [0.717, 1.165) is 31.3 Å². The lowest BCUT2D eigenvalue weighted by Gasteiger charge is -2.16. The lowest BCUT2D eigenvalue weighted by molar-refractivity contribution is 0.415. The van der Waals surface area contributed by atoms with Crippen molar-refractivity contribution < 1.29 is 4.74 Å². The number of aliphatic imine (C=N–C) groups is 1. The molecule has 0 bridgehead atoms. The van der Waals surface area contributed by atoms with Gasteiger partial charge >= 0.3 is 0 Å². The Hall–Kier alpha value is -1.71. The van der Waals surface area contributed by atoms with Gasteiger partial charge in [0, 0.05) is 19.2 Å². The number of hydrogen-bond acceptors (Lipinski definition) is 4. The van der Waals surface area contributed by atoms with Crippen LogP contribution in [0.4, 0.5) is 11.4 Å². The topological polar surface area (TPSA) is 28.1 Å². The molecular weight excluding hydrogens is 202 g/mol. The third-order valence-corrected chi connectivity index (χ3v) is 3.14. The first-order valence-electron chi connectivity index (χ1n) is 5.62. The summed E-state index contributed by atoms with van der Waals surface area (Å²) in [7, 11) is 1.70. The van der Waals surface area contributed by atoms with Gasteiger partial charge in [0.05, 0.1) is 25.0 Å². The van der Waals surface area contributed by atoms with E-state index in [9.17, 15) is 0 Å². The van der Waals surface area contributed by atoms with Gasteiger partial charge in [-0.3, -0.25) is 4.99 Å². The van der Waals surface area contributed by atoms with Crippen LogP contribution in [-0.2, 0) is 0 Å². The Morgan fingerprint density at radius 2 is 2.25 bits per heavy atom. The zero-order valence-electron chi connectivity index (χ0n) is 9.60. The van der Waals surface area contributed by atoms with Crippen molar-refractivity contribution in [3.63, 3.8) is 0 Å². The number of hydrogen-bond donors (Lipinski definition) is 0. The highest BCUT2D eigenvalue weighted by Gasteiger charge is 2.34. The van der Waals surface area contributed by atoms with Gasteiger partial charge in [-0.15, -0.1) is 0 Å². The summed E-state index contributed by atoms with van der Waals surface area (Å²) in [6.07, 6.45) is 0. The van der Waals surface area contributed by atoms with Crippen molar-refractivity contribution >= 4 is 17.3 Å². The van der Waals surface area contributed by atoms with E-state index >= 15 is 0 Å². The third-order valence-electron chi connectivity index (χ3n) is 3.14. The van der Waals surface area contributed by atoms with E-state index in [-0.39, 0.29) is 0 Å². The fraction of sp³-hybridized carbons (Fsp3) is 0.417. The zero-order valence-corrected chi connectivity index (χ0v) is 9.60. The van der Waals surface area contributed by atoms with E-state index in [0.29, 0.717) is 0 Å². The number of methoxy groups -OCH3 is 1. The number of ether oxygens (including phenoxy) is 1. The second-order valence-electron chi connectivity index (χ2n) is 3.93. The number of fused-ring (bicyclic) bond motifs is 3. The Balaban J connectivity index is 2.12. The first-order chi connectivity index (χ1) is 7.85. The molecule has 0 fully saturated rings. The Kier molecular flexibility index (Phi) is 2.02. The van der Waals surface area contributed by atoms with E-state index in [2.05, 4.69) is 33.8 Å². The van der Waals surface area contributed by atoms with Gasteiger partial charge in [-0.2, -0.15) is 0 Å². The number of anilines is 2. The van der Waals surface area contributed by atoms with Crippen molar-refractivity contribution in [1.82, 2.24) is 0 Å². The summed E-state index contributed by atoms with van der Waals surface area (Å²) < 4.78 is 5.27. The molecule has 0 unspecified atom stereocenters. The molecule has 16 heavy (non-hydrogen) atoms. The average molecular weight is 217 g/mol.